The molecule has 0 N–H and O–H groups in total. The van der Waals surface area contributed by atoms with Crippen LogP contribution < -0.4 is 0 Å². The summed E-state index contributed by atoms with van der Waals surface area (Å²) in [6.07, 6.45) is 1.28. The van der Waals surface area contributed by atoms with E-state index in [1.54, 1.807) is 6.92 Å². The highest BCUT2D eigenvalue weighted by Crippen LogP contribution is 2.39. The van der Waals surface area contributed by atoms with E-state index in [2.05, 4.69) is 15.9 Å². The van der Waals surface area contributed by atoms with E-state index in [-0.39, 0.29) is 10.5 Å². The zero-order valence-corrected chi connectivity index (χ0v) is 16.7. The molecule has 25 heavy (non-hydrogen) atoms. The second kappa shape index (κ2) is 8.60. The van der Waals surface area contributed by atoms with Gasteiger partial charge in [-0.1, -0.05) is 34.5 Å². The minimum atomic E-state index is -3.92. The lowest BCUT2D eigenvalue weighted by Gasteiger charge is -2.25. The summed E-state index contributed by atoms with van der Waals surface area (Å²) in [4.78, 5) is 0.0382. The van der Waals surface area contributed by atoms with Gasteiger partial charge in [0.2, 0.25) is 0 Å². The molecule has 2 nitrogen and oxygen atoms in total. The Kier molecular flexibility index (Phi) is 7.00. The van der Waals surface area contributed by atoms with Crippen molar-refractivity contribution >= 4 is 37.4 Å². The molecule has 0 radical (unpaired) electrons. The maximum atomic E-state index is 14.4. The van der Waals surface area contributed by atoms with Gasteiger partial charge >= 0.3 is 0 Å². The number of rotatable bonds is 7. The SMILES string of the molecule is CC(CCCBr)C(c1cc(F)ccc1F)S(=O)(=O)c1ccc(Cl)cc1. The van der Waals surface area contributed by atoms with E-state index in [0.29, 0.717) is 16.8 Å². The third-order valence-electron chi connectivity index (χ3n) is 4.05. The normalized spacial score (nSPS) is 14.3. The van der Waals surface area contributed by atoms with E-state index >= 15 is 0 Å². The van der Waals surface area contributed by atoms with Crippen molar-refractivity contribution in [2.24, 2.45) is 5.92 Å². The quantitative estimate of drug-likeness (QED) is 0.488. The summed E-state index contributed by atoms with van der Waals surface area (Å²) >= 11 is 9.14. The Morgan fingerprint density at radius 1 is 1.12 bits per heavy atom. The van der Waals surface area contributed by atoms with Crippen molar-refractivity contribution in [3.63, 3.8) is 0 Å². The lowest BCUT2D eigenvalue weighted by molar-refractivity contribution is 0.465. The molecule has 2 rings (SSSR count). The van der Waals surface area contributed by atoms with E-state index in [1.165, 1.54) is 24.3 Å². The fourth-order valence-corrected chi connectivity index (χ4v) is 5.35. The summed E-state index contributed by atoms with van der Waals surface area (Å²) in [5, 5.41) is -0.0698. The van der Waals surface area contributed by atoms with Crippen LogP contribution in [0.5, 0.6) is 0 Å². The van der Waals surface area contributed by atoms with E-state index in [4.69, 9.17) is 11.6 Å². The molecule has 0 amide bonds. The van der Waals surface area contributed by atoms with Gasteiger partial charge in [0.05, 0.1) is 10.1 Å². The molecule has 0 saturated carbocycles. The van der Waals surface area contributed by atoms with Gasteiger partial charge in [-0.15, -0.1) is 0 Å². The van der Waals surface area contributed by atoms with Crippen LogP contribution in [0.1, 0.15) is 30.6 Å². The largest absolute Gasteiger partial charge is 0.223 e. The lowest BCUT2D eigenvalue weighted by Crippen LogP contribution is -2.22. The molecule has 7 heteroatoms. The zero-order chi connectivity index (χ0) is 18.6. The molecule has 0 heterocycles. The Labute approximate surface area is 160 Å². The second-order valence-electron chi connectivity index (χ2n) is 5.89. The van der Waals surface area contributed by atoms with Crippen molar-refractivity contribution < 1.29 is 17.2 Å². The summed E-state index contributed by atoms with van der Waals surface area (Å²) in [6.45, 7) is 1.74. The second-order valence-corrected chi connectivity index (χ2v) is 9.19. The van der Waals surface area contributed by atoms with Crippen LogP contribution in [0.2, 0.25) is 5.02 Å². The molecule has 0 spiro atoms. The summed E-state index contributed by atoms with van der Waals surface area (Å²) in [7, 11) is -3.92. The van der Waals surface area contributed by atoms with Crippen LogP contribution in [0, 0.1) is 17.6 Å². The number of benzene rings is 2. The fraction of sp³-hybridized carbons (Fsp3) is 0.333. The highest BCUT2D eigenvalue weighted by atomic mass is 79.9. The minimum absolute atomic E-state index is 0.0382. The molecule has 0 saturated heterocycles. The van der Waals surface area contributed by atoms with E-state index in [9.17, 15) is 17.2 Å². The van der Waals surface area contributed by atoms with E-state index in [0.717, 1.165) is 24.6 Å². The third-order valence-corrected chi connectivity index (χ3v) is 7.18. The average Bonchev–Trinajstić information content (AvgIpc) is 2.56. The molecule has 136 valence electrons. The zero-order valence-electron chi connectivity index (χ0n) is 13.6. The molecule has 2 atom stereocenters. The number of sulfone groups is 1. The maximum absolute atomic E-state index is 14.4. The van der Waals surface area contributed by atoms with E-state index in [1.807, 2.05) is 0 Å². The van der Waals surface area contributed by atoms with Crippen LogP contribution in [0.25, 0.3) is 0 Å². The monoisotopic (exact) mass is 450 g/mol. The number of hydrogen-bond donors (Lipinski definition) is 0. The van der Waals surface area contributed by atoms with Gasteiger partial charge in [0.15, 0.2) is 9.84 Å². The van der Waals surface area contributed by atoms with Crippen LogP contribution >= 0.6 is 27.5 Å². The molecule has 0 aromatic heterocycles. The van der Waals surface area contributed by atoms with Crippen molar-refractivity contribution in [1.82, 2.24) is 0 Å². The third kappa shape index (κ3) is 4.80. The van der Waals surface area contributed by atoms with E-state index < -0.39 is 32.6 Å². The van der Waals surface area contributed by atoms with Crippen LogP contribution in [0.15, 0.2) is 47.4 Å². The predicted molar refractivity (Wildman–Crippen MR) is 99.9 cm³/mol. The maximum Gasteiger partial charge on any atom is 0.185 e. The van der Waals surface area contributed by atoms with Crippen LogP contribution in [-0.4, -0.2) is 13.7 Å². The molecule has 0 fully saturated rings. The first kappa shape index (κ1) is 20.3. The lowest BCUT2D eigenvalue weighted by atomic mass is 9.96. The summed E-state index contributed by atoms with van der Waals surface area (Å²) in [6, 6.07) is 8.63. The summed E-state index contributed by atoms with van der Waals surface area (Å²) < 4.78 is 54.4. The molecular formula is C18H18BrClF2O2S. The van der Waals surface area contributed by atoms with Crippen molar-refractivity contribution in [1.29, 1.82) is 0 Å². The van der Waals surface area contributed by atoms with Crippen LogP contribution in [-0.2, 0) is 9.84 Å². The van der Waals surface area contributed by atoms with Gasteiger partial charge in [-0.05, 0) is 61.2 Å². The molecule has 0 aliphatic carbocycles. The first-order valence-corrected chi connectivity index (χ1v) is 10.8. The summed E-state index contributed by atoms with van der Waals surface area (Å²) in [5.74, 6) is -1.79. The molecule has 0 aliphatic heterocycles. The Morgan fingerprint density at radius 3 is 2.36 bits per heavy atom. The summed E-state index contributed by atoms with van der Waals surface area (Å²) in [5.41, 5.74) is -0.142. The van der Waals surface area contributed by atoms with Gasteiger partial charge in [-0.25, -0.2) is 17.2 Å². The molecule has 2 aromatic carbocycles. The Balaban J connectivity index is 2.57. The van der Waals surface area contributed by atoms with Crippen LogP contribution in [0.4, 0.5) is 8.78 Å². The standard InChI is InChI=1S/C18H18BrClF2O2S/c1-12(3-2-10-19)18(16-11-14(21)6-9-17(16)22)25(23,24)15-7-4-13(20)5-8-15/h4-9,11-12,18H,2-3,10H2,1H3. The molecule has 2 unspecified atom stereocenters. The Morgan fingerprint density at radius 2 is 1.76 bits per heavy atom. The van der Waals surface area contributed by atoms with Gasteiger partial charge in [0, 0.05) is 15.9 Å². The first-order valence-electron chi connectivity index (χ1n) is 7.77. The van der Waals surface area contributed by atoms with Gasteiger partial charge in [-0.2, -0.15) is 0 Å². The molecule has 2 aromatic rings. The fourth-order valence-electron chi connectivity index (χ4n) is 2.83. The predicted octanol–water partition coefficient (Wildman–Crippen LogP) is 5.94. The van der Waals surface area contributed by atoms with Crippen molar-refractivity contribution in [3.05, 3.63) is 64.7 Å². The highest BCUT2D eigenvalue weighted by molar-refractivity contribution is 9.09. The molecule has 0 bridgehead atoms. The Bertz CT molecular complexity index is 825. The highest BCUT2D eigenvalue weighted by Gasteiger charge is 2.35. The molecular weight excluding hydrogens is 434 g/mol. The Hall–Kier alpha value is -0.980. The number of halogens is 4. The number of alkyl halides is 1. The average molecular weight is 452 g/mol. The topological polar surface area (TPSA) is 34.1 Å². The van der Waals surface area contributed by atoms with Crippen molar-refractivity contribution in [3.8, 4) is 0 Å². The van der Waals surface area contributed by atoms with Crippen LogP contribution in [0.3, 0.4) is 0 Å². The van der Waals surface area contributed by atoms with Gasteiger partial charge in [-0.3, -0.25) is 0 Å². The van der Waals surface area contributed by atoms with Gasteiger partial charge in [0.1, 0.15) is 11.6 Å². The van der Waals surface area contributed by atoms with Gasteiger partial charge in [0.25, 0.3) is 0 Å². The molecule has 0 aliphatic rings. The van der Waals surface area contributed by atoms with Crippen molar-refractivity contribution in [2.45, 2.75) is 29.9 Å². The smallest absolute Gasteiger partial charge is 0.185 e. The first-order chi connectivity index (χ1) is 11.8. The van der Waals surface area contributed by atoms with Gasteiger partial charge < -0.3 is 0 Å². The van der Waals surface area contributed by atoms with Crippen molar-refractivity contribution in [2.75, 3.05) is 5.33 Å². The number of hydrogen-bond acceptors (Lipinski definition) is 2. The minimum Gasteiger partial charge on any atom is -0.223 e.